The van der Waals surface area contributed by atoms with Crippen LogP contribution in [0.25, 0.3) is 5.95 Å². The van der Waals surface area contributed by atoms with Crippen LogP contribution in [0, 0.1) is 0 Å². The summed E-state index contributed by atoms with van der Waals surface area (Å²) in [5, 5.41) is 4.04. The van der Waals surface area contributed by atoms with Crippen molar-refractivity contribution in [3.63, 3.8) is 0 Å². The second kappa shape index (κ2) is 6.07. The average molecular weight is 264 g/mol. The van der Waals surface area contributed by atoms with Gasteiger partial charge in [-0.15, -0.1) is 0 Å². The van der Waals surface area contributed by atoms with E-state index in [0.29, 0.717) is 12.6 Å². The van der Waals surface area contributed by atoms with Gasteiger partial charge in [0, 0.05) is 18.9 Å². The van der Waals surface area contributed by atoms with Gasteiger partial charge in [0.15, 0.2) is 0 Å². The summed E-state index contributed by atoms with van der Waals surface area (Å²) < 4.78 is 6.96. The molecular weight excluding hydrogens is 248 g/mol. The highest BCUT2D eigenvalue weighted by atomic mass is 16.5. The van der Waals surface area contributed by atoms with Gasteiger partial charge in [0.25, 0.3) is 5.95 Å². The van der Waals surface area contributed by atoms with Gasteiger partial charge in [-0.3, -0.25) is 5.43 Å². The Balaban J connectivity index is 2.16. The number of aromatic nitrogens is 5. The number of nitrogens with one attached hydrogen (secondary N) is 1. The number of hydrogen-bond donors (Lipinski definition) is 2. The van der Waals surface area contributed by atoms with Crippen LogP contribution < -0.4 is 16.0 Å². The largest absolute Gasteiger partial charge is 0.462 e. The summed E-state index contributed by atoms with van der Waals surface area (Å²) in [6.45, 7) is 1.23. The minimum Gasteiger partial charge on any atom is -0.462 e. The van der Waals surface area contributed by atoms with E-state index in [0.717, 1.165) is 6.54 Å². The molecule has 0 aliphatic carbocycles. The van der Waals surface area contributed by atoms with Crippen LogP contribution in [0.1, 0.15) is 0 Å². The molecule has 2 aromatic heterocycles. The number of anilines is 1. The lowest BCUT2D eigenvalue weighted by Gasteiger charge is -2.10. The Morgan fingerprint density at radius 1 is 1.37 bits per heavy atom. The lowest BCUT2D eigenvalue weighted by atomic mass is 10.6. The van der Waals surface area contributed by atoms with Crippen LogP contribution in [0.4, 0.5) is 5.95 Å². The monoisotopic (exact) mass is 264 g/mol. The topological polar surface area (TPSA) is 107 Å². The number of nitrogen functional groups attached to an aromatic ring is 1. The highest BCUT2D eigenvalue weighted by molar-refractivity contribution is 5.28. The molecular formula is C10H16N8O. The molecule has 0 atom stereocenters. The quantitative estimate of drug-likeness (QED) is 0.520. The molecule has 0 bridgehead atoms. The molecule has 0 fully saturated rings. The van der Waals surface area contributed by atoms with Crippen molar-refractivity contribution < 1.29 is 4.74 Å². The molecule has 19 heavy (non-hydrogen) atoms. The number of hydrazine groups is 1. The zero-order chi connectivity index (χ0) is 13.7. The van der Waals surface area contributed by atoms with Gasteiger partial charge in [0.05, 0.1) is 0 Å². The Morgan fingerprint density at radius 2 is 2.21 bits per heavy atom. The lowest BCUT2D eigenvalue weighted by Crippen LogP contribution is -2.21. The fraction of sp³-hybridized carbons (Fsp3) is 0.400. The van der Waals surface area contributed by atoms with E-state index in [9.17, 15) is 0 Å². The molecule has 102 valence electrons. The molecule has 2 heterocycles. The fourth-order valence-corrected chi connectivity index (χ4v) is 1.28. The van der Waals surface area contributed by atoms with E-state index in [1.807, 2.05) is 19.0 Å². The summed E-state index contributed by atoms with van der Waals surface area (Å²) in [7, 11) is 3.91. The summed E-state index contributed by atoms with van der Waals surface area (Å²) in [4.78, 5) is 14.3. The molecule has 0 aromatic carbocycles. The molecule has 9 heteroatoms. The summed E-state index contributed by atoms with van der Waals surface area (Å²) in [5.74, 6) is 5.88. The maximum Gasteiger partial charge on any atom is 0.323 e. The molecule has 0 aliphatic heterocycles. The summed E-state index contributed by atoms with van der Waals surface area (Å²) in [6.07, 6.45) is 3.35. The SMILES string of the molecule is CN(C)CCOc1nc(NN)nc(-n2cccn2)n1. The summed E-state index contributed by atoms with van der Waals surface area (Å²) in [6, 6.07) is 1.97. The second-order valence-electron chi connectivity index (χ2n) is 3.99. The molecule has 2 rings (SSSR count). The normalized spacial score (nSPS) is 10.7. The number of rotatable bonds is 6. The summed E-state index contributed by atoms with van der Waals surface area (Å²) in [5.41, 5.74) is 2.38. The average Bonchev–Trinajstić information content (AvgIpc) is 2.92. The first-order chi connectivity index (χ1) is 9.19. The number of nitrogens with zero attached hydrogens (tertiary/aromatic N) is 6. The van der Waals surface area contributed by atoms with Crippen LogP contribution >= 0.6 is 0 Å². The number of hydrogen-bond acceptors (Lipinski definition) is 8. The first-order valence-electron chi connectivity index (χ1n) is 5.69. The maximum atomic E-state index is 5.46. The van der Waals surface area contributed by atoms with Crippen molar-refractivity contribution in [2.24, 2.45) is 5.84 Å². The minimum atomic E-state index is 0.204. The molecule has 0 aliphatic rings. The number of likely N-dealkylation sites (N-methyl/N-ethyl adjacent to an activating group) is 1. The van der Waals surface area contributed by atoms with Crippen molar-refractivity contribution in [2.45, 2.75) is 0 Å². The van der Waals surface area contributed by atoms with Crippen LogP contribution in [-0.4, -0.2) is 56.9 Å². The standard InChI is InChI=1S/C10H16N8O/c1-17(2)6-7-19-10-14-8(16-11)13-9(15-10)18-5-3-4-12-18/h3-5H,6-7,11H2,1-2H3,(H,13,14,15,16). The molecule has 0 saturated heterocycles. The molecule has 0 saturated carbocycles. The zero-order valence-electron chi connectivity index (χ0n) is 10.8. The van der Waals surface area contributed by atoms with E-state index < -0.39 is 0 Å². The van der Waals surface area contributed by atoms with Crippen molar-refractivity contribution >= 4 is 5.95 Å². The van der Waals surface area contributed by atoms with E-state index in [2.05, 4.69) is 25.5 Å². The number of nitrogens with two attached hydrogens (primary N) is 1. The van der Waals surface area contributed by atoms with Crippen LogP contribution in [0.5, 0.6) is 6.01 Å². The fourth-order valence-electron chi connectivity index (χ4n) is 1.28. The molecule has 0 unspecified atom stereocenters. The van der Waals surface area contributed by atoms with Crippen molar-refractivity contribution in [2.75, 3.05) is 32.7 Å². The molecule has 3 N–H and O–H groups in total. The van der Waals surface area contributed by atoms with E-state index >= 15 is 0 Å². The van der Waals surface area contributed by atoms with Gasteiger partial charge in [-0.1, -0.05) is 0 Å². The Hall–Kier alpha value is -2.26. The summed E-state index contributed by atoms with van der Waals surface area (Å²) >= 11 is 0. The zero-order valence-corrected chi connectivity index (χ0v) is 10.8. The van der Waals surface area contributed by atoms with Crippen LogP contribution in [0.3, 0.4) is 0 Å². The van der Waals surface area contributed by atoms with Crippen molar-refractivity contribution in [1.82, 2.24) is 29.6 Å². The number of ether oxygens (including phenoxy) is 1. The van der Waals surface area contributed by atoms with Gasteiger partial charge >= 0.3 is 6.01 Å². The highest BCUT2D eigenvalue weighted by Gasteiger charge is 2.08. The molecule has 0 spiro atoms. The third-order valence-electron chi connectivity index (χ3n) is 2.21. The highest BCUT2D eigenvalue weighted by Crippen LogP contribution is 2.09. The van der Waals surface area contributed by atoms with Gasteiger partial charge in [0.1, 0.15) is 6.61 Å². The van der Waals surface area contributed by atoms with Gasteiger partial charge in [-0.25, -0.2) is 10.5 Å². The van der Waals surface area contributed by atoms with Gasteiger partial charge < -0.3 is 9.64 Å². The van der Waals surface area contributed by atoms with Crippen LogP contribution in [0.2, 0.25) is 0 Å². The van der Waals surface area contributed by atoms with E-state index in [1.54, 1.807) is 18.5 Å². The minimum absolute atomic E-state index is 0.204. The Labute approximate surface area is 110 Å². The van der Waals surface area contributed by atoms with Crippen molar-refractivity contribution in [3.8, 4) is 12.0 Å². The smallest absolute Gasteiger partial charge is 0.323 e. The Bertz CT molecular complexity index is 512. The van der Waals surface area contributed by atoms with E-state index in [1.165, 1.54) is 4.68 Å². The van der Waals surface area contributed by atoms with E-state index in [4.69, 9.17) is 10.6 Å². The van der Waals surface area contributed by atoms with Gasteiger partial charge in [0.2, 0.25) is 5.95 Å². The third-order valence-corrected chi connectivity index (χ3v) is 2.21. The lowest BCUT2D eigenvalue weighted by molar-refractivity contribution is 0.245. The van der Waals surface area contributed by atoms with E-state index in [-0.39, 0.29) is 12.0 Å². The third kappa shape index (κ3) is 3.60. The molecule has 2 aromatic rings. The first kappa shape index (κ1) is 13.2. The van der Waals surface area contributed by atoms with Gasteiger partial charge in [-0.05, 0) is 20.2 Å². The Kier molecular flexibility index (Phi) is 4.21. The van der Waals surface area contributed by atoms with Gasteiger partial charge in [-0.2, -0.15) is 20.1 Å². The van der Waals surface area contributed by atoms with Crippen LogP contribution in [0.15, 0.2) is 18.5 Å². The molecule has 0 amide bonds. The van der Waals surface area contributed by atoms with Crippen molar-refractivity contribution in [3.05, 3.63) is 18.5 Å². The predicted molar refractivity (Wildman–Crippen MR) is 68.8 cm³/mol. The second-order valence-corrected chi connectivity index (χ2v) is 3.99. The predicted octanol–water partition coefficient (Wildman–Crippen LogP) is -0.717. The molecule has 9 nitrogen and oxygen atoms in total. The van der Waals surface area contributed by atoms with Crippen molar-refractivity contribution in [1.29, 1.82) is 0 Å². The Morgan fingerprint density at radius 3 is 2.84 bits per heavy atom. The maximum absolute atomic E-state index is 5.46. The van der Waals surface area contributed by atoms with Crippen LogP contribution in [-0.2, 0) is 0 Å². The first-order valence-corrected chi connectivity index (χ1v) is 5.69. The molecule has 0 radical (unpaired) electrons.